The summed E-state index contributed by atoms with van der Waals surface area (Å²) in [5.41, 5.74) is 5.21. The normalized spacial score (nSPS) is 10.9. The number of pyridine rings is 1. The Labute approximate surface area is 134 Å². The number of fused-ring (bicyclic) bond motifs is 1. The minimum Gasteiger partial charge on any atom is -0.473 e. The van der Waals surface area contributed by atoms with Crippen LogP contribution in [-0.4, -0.2) is 4.98 Å². The van der Waals surface area contributed by atoms with Crippen molar-refractivity contribution in [3.63, 3.8) is 0 Å². The molecule has 0 spiro atoms. The number of nitrogens with one attached hydrogen (secondary N) is 1. The van der Waals surface area contributed by atoms with Gasteiger partial charge in [0, 0.05) is 16.3 Å². The van der Waals surface area contributed by atoms with E-state index in [0.29, 0.717) is 5.39 Å². The zero-order valence-electron chi connectivity index (χ0n) is 11.7. The highest BCUT2D eigenvalue weighted by atomic mass is 35.5. The maximum absolute atomic E-state index is 13.8. The average molecular weight is 337 g/mol. The van der Waals surface area contributed by atoms with E-state index in [0.717, 1.165) is 0 Å². The van der Waals surface area contributed by atoms with E-state index in [1.54, 1.807) is 0 Å². The molecule has 0 aliphatic heterocycles. The number of nitrogen functional groups attached to an aromatic ring is 1. The van der Waals surface area contributed by atoms with Gasteiger partial charge in [0.1, 0.15) is 23.9 Å². The number of H-pyrrole nitrogens is 1. The van der Waals surface area contributed by atoms with Crippen LogP contribution in [0.15, 0.2) is 41.2 Å². The van der Waals surface area contributed by atoms with Gasteiger partial charge in [0.25, 0.3) is 5.56 Å². The third-order valence-electron chi connectivity index (χ3n) is 3.41. The molecule has 3 aromatic rings. The van der Waals surface area contributed by atoms with E-state index in [1.807, 2.05) is 0 Å². The highest BCUT2D eigenvalue weighted by Crippen LogP contribution is 2.28. The molecule has 1 heterocycles. The molecule has 3 rings (SSSR count). The molecular weight excluding hydrogens is 326 g/mol. The number of rotatable bonds is 3. The first-order valence-corrected chi connectivity index (χ1v) is 7.02. The number of nitrogens with two attached hydrogens (primary N) is 1. The van der Waals surface area contributed by atoms with Gasteiger partial charge in [0.15, 0.2) is 0 Å². The fraction of sp³-hybridized carbons (Fsp3) is 0.0625. The average Bonchev–Trinajstić information content (AvgIpc) is 2.51. The minimum atomic E-state index is -0.571. The van der Waals surface area contributed by atoms with E-state index in [-0.39, 0.29) is 34.1 Å². The number of aromatic nitrogens is 1. The lowest BCUT2D eigenvalue weighted by Crippen LogP contribution is -2.14. The van der Waals surface area contributed by atoms with Gasteiger partial charge in [-0.05, 0) is 30.3 Å². The van der Waals surface area contributed by atoms with E-state index in [9.17, 15) is 13.6 Å². The van der Waals surface area contributed by atoms with Crippen LogP contribution in [-0.2, 0) is 6.61 Å². The molecule has 0 aliphatic carbocycles. The Bertz CT molecular complexity index is 936. The number of hydrogen-bond acceptors (Lipinski definition) is 3. The molecule has 0 atom stereocenters. The molecule has 7 heteroatoms. The van der Waals surface area contributed by atoms with Crippen molar-refractivity contribution < 1.29 is 13.5 Å². The van der Waals surface area contributed by atoms with Crippen LogP contribution in [0.1, 0.15) is 5.56 Å². The molecule has 0 amide bonds. The fourth-order valence-electron chi connectivity index (χ4n) is 2.23. The molecule has 0 unspecified atom stereocenters. The Morgan fingerprint density at radius 1 is 1.17 bits per heavy atom. The van der Waals surface area contributed by atoms with Crippen molar-refractivity contribution in [1.29, 1.82) is 0 Å². The maximum Gasteiger partial charge on any atom is 0.274 e. The predicted octanol–water partition coefficient (Wildman–Crippen LogP) is 3.62. The van der Waals surface area contributed by atoms with Crippen LogP contribution >= 0.6 is 11.6 Å². The molecular formula is C16H11ClF2N2O2. The van der Waals surface area contributed by atoms with Crippen molar-refractivity contribution in [2.75, 3.05) is 5.73 Å². The molecule has 1 aromatic heterocycles. The highest BCUT2D eigenvalue weighted by molar-refractivity contribution is 6.31. The van der Waals surface area contributed by atoms with Crippen LogP contribution in [0, 0.1) is 11.6 Å². The number of benzene rings is 2. The van der Waals surface area contributed by atoms with Crippen molar-refractivity contribution in [1.82, 2.24) is 4.98 Å². The predicted molar refractivity (Wildman–Crippen MR) is 84.7 cm³/mol. The largest absolute Gasteiger partial charge is 0.473 e. The molecule has 3 N–H and O–H groups in total. The summed E-state index contributed by atoms with van der Waals surface area (Å²) in [6.07, 6.45) is 0. The van der Waals surface area contributed by atoms with Gasteiger partial charge in [0.05, 0.1) is 5.02 Å². The summed E-state index contributed by atoms with van der Waals surface area (Å²) in [4.78, 5) is 14.2. The molecule has 0 fully saturated rings. The molecule has 0 aliphatic rings. The fourth-order valence-corrected chi connectivity index (χ4v) is 2.45. The molecule has 0 saturated carbocycles. The number of halogens is 3. The Morgan fingerprint density at radius 3 is 2.70 bits per heavy atom. The van der Waals surface area contributed by atoms with Crippen molar-refractivity contribution in [2.45, 2.75) is 6.61 Å². The van der Waals surface area contributed by atoms with E-state index in [2.05, 4.69) is 4.98 Å². The van der Waals surface area contributed by atoms with Gasteiger partial charge < -0.3 is 10.5 Å². The SMILES string of the molecule is Nc1c(=O)[nH]c(OCc2c(F)cccc2Cl)c2cc(F)ccc12. The van der Waals surface area contributed by atoms with E-state index >= 15 is 0 Å². The molecule has 0 bridgehead atoms. The molecule has 118 valence electrons. The Morgan fingerprint density at radius 2 is 1.96 bits per heavy atom. The van der Waals surface area contributed by atoms with E-state index < -0.39 is 17.2 Å². The van der Waals surface area contributed by atoms with Crippen LogP contribution in [0.25, 0.3) is 10.8 Å². The maximum atomic E-state index is 13.8. The van der Waals surface area contributed by atoms with Gasteiger partial charge in [-0.15, -0.1) is 0 Å². The summed E-state index contributed by atoms with van der Waals surface area (Å²) in [7, 11) is 0. The standard InChI is InChI=1S/C16H11ClF2N2O2/c17-12-2-1-3-13(19)11(12)7-23-16-10-6-8(18)4-5-9(10)14(20)15(22)21-16/h1-6H,7,20H2,(H,21,22). The third-order valence-corrected chi connectivity index (χ3v) is 3.76. The summed E-state index contributed by atoms with van der Waals surface area (Å²) in [5.74, 6) is -1.05. The number of hydrogen-bond donors (Lipinski definition) is 2. The quantitative estimate of drug-likeness (QED) is 0.767. The lowest BCUT2D eigenvalue weighted by Gasteiger charge is -2.12. The Balaban J connectivity index is 2.05. The summed E-state index contributed by atoms with van der Waals surface area (Å²) >= 11 is 5.92. The molecule has 2 aromatic carbocycles. The topological polar surface area (TPSA) is 68.1 Å². The van der Waals surface area contributed by atoms with Gasteiger partial charge in [-0.2, -0.15) is 0 Å². The summed E-state index contributed by atoms with van der Waals surface area (Å²) < 4.78 is 32.7. The van der Waals surface area contributed by atoms with Crippen LogP contribution in [0.4, 0.5) is 14.5 Å². The molecule has 0 saturated heterocycles. The van der Waals surface area contributed by atoms with Crippen molar-refractivity contribution in [3.8, 4) is 5.88 Å². The van der Waals surface area contributed by atoms with Gasteiger partial charge >= 0.3 is 0 Å². The first kappa shape index (κ1) is 15.3. The van der Waals surface area contributed by atoms with Crippen molar-refractivity contribution in [2.24, 2.45) is 0 Å². The van der Waals surface area contributed by atoms with Crippen molar-refractivity contribution in [3.05, 3.63) is 69.0 Å². The van der Waals surface area contributed by atoms with E-state index in [1.165, 1.54) is 36.4 Å². The third kappa shape index (κ3) is 2.85. The minimum absolute atomic E-state index is 0.00183. The first-order chi connectivity index (χ1) is 11.0. The second kappa shape index (κ2) is 5.89. The summed E-state index contributed by atoms with van der Waals surface area (Å²) in [6.45, 7) is -0.225. The summed E-state index contributed by atoms with van der Waals surface area (Å²) in [6, 6.07) is 7.99. The Hall–Kier alpha value is -2.60. The molecule has 0 radical (unpaired) electrons. The first-order valence-electron chi connectivity index (χ1n) is 6.64. The lowest BCUT2D eigenvalue weighted by molar-refractivity contribution is 0.291. The van der Waals surface area contributed by atoms with Crippen LogP contribution in [0.5, 0.6) is 5.88 Å². The van der Waals surface area contributed by atoms with Gasteiger partial charge in [-0.1, -0.05) is 17.7 Å². The Kier molecular flexibility index (Phi) is 3.92. The van der Waals surface area contributed by atoms with Crippen LogP contribution in [0.3, 0.4) is 0 Å². The zero-order chi connectivity index (χ0) is 16.6. The number of ether oxygens (including phenoxy) is 1. The lowest BCUT2D eigenvalue weighted by atomic mass is 10.1. The van der Waals surface area contributed by atoms with E-state index in [4.69, 9.17) is 22.1 Å². The second-order valence-corrected chi connectivity index (χ2v) is 5.28. The van der Waals surface area contributed by atoms with Gasteiger partial charge in [-0.3, -0.25) is 9.78 Å². The van der Waals surface area contributed by atoms with Gasteiger partial charge in [-0.25, -0.2) is 8.78 Å². The monoisotopic (exact) mass is 336 g/mol. The number of anilines is 1. The smallest absolute Gasteiger partial charge is 0.274 e. The second-order valence-electron chi connectivity index (χ2n) is 4.88. The van der Waals surface area contributed by atoms with Gasteiger partial charge in [0.2, 0.25) is 5.88 Å². The summed E-state index contributed by atoms with van der Waals surface area (Å²) in [5, 5.41) is 0.831. The molecule has 23 heavy (non-hydrogen) atoms. The zero-order valence-corrected chi connectivity index (χ0v) is 12.5. The molecule has 4 nitrogen and oxygen atoms in total. The van der Waals surface area contributed by atoms with Crippen LogP contribution in [0.2, 0.25) is 5.02 Å². The number of aromatic amines is 1. The van der Waals surface area contributed by atoms with Crippen molar-refractivity contribution >= 4 is 28.1 Å². The highest BCUT2D eigenvalue weighted by Gasteiger charge is 2.13. The van der Waals surface area contributed by atoms with Crippen LogP contribution < -0.4 is 16.0 Å².